The quantitative estimate of drug-likeness (QED) is 0.546. The number of carbonyl (C=O) groups is 1. The summed E-state index contributed by atoms with van der Waals surface area (Å²) in [5.41, 5.74) is 5.30. The Morgan fingerprint density at radius 3 is 3.00 bits per heavy atom. The van der Waals surface area contributed by atoms with Gasteiger partial charge in [-0.25, -0.2) is 4.98 Å². The van der Waals surface area contributed by atoms with Crippen molar-refractivity contribution in [2.75, 3.05) is 7.05 Å². The standard InChI is InChI=1S/C8H12N4O2/c1-10-4-5-2-8(14)12-7(11-5)3-6(9)13/h2,10H,3-4H2,1H3,(H2,9,13)(H,11,12,14). The minimum Gasteiger partial charge on any atom is -0.369 e. The van der Waals surface area contributed by atoms with Crippen LogP contribution in [-0.4, -0.2) is 22.9 Å². The molecule has 0 aliphatic rings. The summed E-state index contributed by atoms with van der Waals surface area (Å²) in [7, 11) is 1.75. The predicted octanol–water partition coefficient (Wildman–Crippen LogP) is -1.48. The van der Waals surface area contributed by atoms with E-state index in [0.717, 1.165) is 0 Å². The molecule has 0 fully saturated rings. The first-order valence-corrected chi connectivity index (χ1v) is 4.14. The Hall–Kier alpha value is -1.69. The van der Waals surface area contributed by atoms with Crippen LogP contribution in [0.4, 0.5) is 0 Å². The van der Waals surface area contributed by atoms with Crippen molar-refractivity contribution < 1.29 is 4.79 Å². The van der Waals surface area contributed by atoms with Crippen molar-refractivity contribution in [3.05, 3.63) is 27.9 Å². The Kier molecular flexibility index (Phi) is 3.35. The minimum atomic E-state index is -0.519. The Bertz CT molecular complexity index is 385. The molecule has 0 unspecified atom stereocenters. The first-order chi connectivity index (χ1) is 6.61. The smallest absolute Gasteiger partial charge is 0.251 e. The molecule has 0 saturated heterocycles. The molecule has 14 heavy (non-hydrogen) atoms. The minimum absolute atomic E-state index is 0.0488. The van der Waals surface area contributed by atoms with E-state index < -0.39 is 5.91 Å². The number of primary amides is 1. The van der Waals surface area contributed by atoms with Gasteiger partial charge in [-0.1, -0.05) is 0 Å². The maximum Gasteiger partial charge on any atom is 0.251 e. The third-order valence-corrected chi connectivity index (χ3v) is 1.54. The third kappa shape index (κ3) is 2.98. The number of nitrogens with zero attached hydrogens (tertiary/aromatic N) is 1. The second-order valence-corrected chi connectivity index (χ2v) is 2.86. The number of hydrogen-bond acceptors (Lipinski definition) is 4. The highest BCUT2D eigenvalue weighted by atomic mass is 16.1. The van der Waals surface area contributed by atoms with Gasteiger partial charge >= 0.3 is 0 Å². The summed E-state index contributed by atoms with van der Waals surface area (Å²) < 4.78 is 0. The van der Waals surface area contributed by atoms with Crippen molar-refractivity contribution in [2.45, 2.75) is 13.0 Å². The zero-order valence-electron chi connectivity index (χ0n) is 7.83. The summed E-state index contributed by atoms with van der Waals surface area (Å²) in [5, 5.41) is 2.86. The molecule has 1 rings (SSSR count). The molecule has 0 bridgehead atoms. The lowest BCUT2D eigenvalue weighted by Crippen LogP contribution is -2.21. The molecule has 0 aromatic carbocycles. The van der Waals surface area contributed by atoms with Crippen LogP contribution in [0.5, 0.6) is 0 Å². The summed E-state index contributed by atoms with van der Waals surface area (Å²) in [6.45, 7) is 0.482. The van der Waals surface area contributed by atoms with E-state index in [-0.39, 0.29) is 12.0 Å². The lowest BCUT2D eigenvalue weighted by molar-refractivity contribution is -0.117. The highest BCUT2D eigenvalue weighted by Crippen LogP contribution is 1.92. The largest absolute Gasteiger partial charge is 0.369 e. The number of amides is 1. The fourth-order valence-electron chi connectivity index (χ4n) is 1.08. The average Bonchev–Trinajstić information content (AvgIpc) is 2.01. The number of aromatic nitrogens is 2. The fraction of sp³-hybridized carbons (Fsp3) is 0.375. The maximum absolute atomic E-state index is 11.1. The first-order valence-electron chi connectivity index (χ1n) is 4.14. The molecule has 1 aromatic rings. The summed E-state index contributed by atoms with van der Waals surface area (Å²) in [6, 6.07) is 1.38. The molecule has 0 spiro atoms. The molecule has 0 radical (unpaired) electrons. The average molecular weight is 196 g/mol. The van der Waals surface area contributed by atoms with E-state index in [1.54, 1.807) is 7.05 Å². The number of aromatic amines is 1. The van der Waals surface area contributed by atoms with Crippen LogP contribution in [-0.2, 0) is 17.8 Å². The van der Waals surface area contributed by atoms with Gasteiger partial charge in [-0.05, 0) is 7.05 Å². The molecule has 1 heterocycles. The lowest BCUT2D eigenvalue weighted by atomic mass is 10.3. The van der Waals surface area contributed by atoms with Gasteiger partial charge in [0.05, 0.1) is 12.1 Å². The molecule has 0 aliphatic carbocycles. The molecule has 4 N–H and O–H groups in total. The van der Waals surface area contributed by atoms with Gasteiger partial charge in [-0.15, -0.1) is 0 Å². The van der Waals surface area contributed by atoms with E-state index in [0.29, 0.717) is 18.1 Å². The molecular weight excluding hydrogens is 184 g/mol. The van der Waals surface area contributed by atoms with Crippen LogP contribution in [0.1, 0.15) is 11.5 Å². The zero-order chi connectivity index (χ0) is 10.6. The molecule has 0 atom stereocenters. The van der Waals surface area contributed by atoms with Crippen LogP contribution >= 0.6 is 0 Å². The number of H-pyrrole nitrogens is 1. The molecule has 1 amide bonds. The van der Waals surface area contributed by atoms with Crippen molar-refractivity contribution in [3.8, 4) is 0 Å². The van der Waals surface area contributed by atoms with Crippen LogP contribution in [0.2, 0.25) is 0 Å². The normalized spacial score (nSPS) is 10.1. The summed E-state index contributed by atoms with van der Waals surface area (Å²) in [6.07, 6.45) is -0.0488. The third-order valence-electron chi connectivity index (χ3n) is 1.54. The van der Waals surface area contributed by atoms with E-state index in [9.17, 15) is 9.59 Å². The van der Waals surface area contributed by atoms with Crippen LogP contribution < -0.4 is 16.6 Å². The van der Waals surface area contributed by atoms with E-state index in [1.165, 1.54) is 6.07 Å². The van der Waals surface area contributed by atoms with Crippen molar-refractivity contribution in [2.24, 2.45) is 5.73 Å². The van der Waals surface area contributed by atoms with Crippen LogP contribution in [0, 0.1) is 0 Å². The molecule has 6 nitrogen and oxygen atoms in total. The first kappa shape index (κ1) is 10.4. The van der Waals surface area contributed by atoms with Crippen molar-refractivity contribution in [3.63, 3.8) is 0 Å². The van der Waals surface area contributed by atoms with Gasteiger partial charge in [0.1, 0.15) is 5.82 Å². The second kappa shape index (κ2) is 4.52. The SMILES string of the molecule is CNCc1cc(=O)[nH]c(CC(N)=O)n1. The van der Waals surface area contributed by atoms with Gasteiger partial charge in [0.15, 0.2) is 0 Å². The molecule has 76 valence electrons. The van der Waals surface area contributed by atoms with Crippen molar-refractivity contribution in [1.29, 1.82) is 0 Å². The van der Waals surface area contributed by atoms with Crippen molar-refractivity contribution in [1.82, 2.24) is 15.3 Å². The van der Waals surface area contributed by atoms with Gasteiger partial charge in [-0.3, -0.25) is 9.59 Å². The number of rotatable bonds is 4. The highest BCUT2D eigenvalue weighted by Gasteiger charge is 2.03. The second-order valence-electron chi connectivity index (χ2n) is 2.86. The monoisotopic (exact) mass is 196 g/mol. The van der Waals surface area contributed by atoms with Crippen LogP contribution in [0.3, 0.4) is 0 Å². The van der Waals surface area contributed by atoms with Gasteiger partial charge in [0.25, 0.3) is 5.56 Å². The van der Waals surface area contributed by atoms with E-state index in [1.807, 2.05) is 0 Å². The summed E-state index contributed by atoms with van der Waals surface area (Å²) in [4.78, 5) is 28.2. The maximum atomic E-state index is 11.1. The topological polar surface area (TPSA) is 101 Å². The van der Waals surface area contributed by atoms with E-state index in [4.69, 9.17) is 5.73 Å². The number of nitrogens with two attached hydrogens (primary N) is 1. The Labute approximate surface area is 80.5 Å². The van der Waals surface area contributed by atoms with Crippen LogP contribution in [0.25, 0.3) is 0 Å². The highest BCUT2D eigenvalue weighted by molar-refractivity contribution is 5.75. The molecule has 0 saturated carbocycles. The molecule has 1 aromatic heterocycles. The number of hydrogen-bond donors (Lipinski definition) is 3. The van der Waals surface area contributed by atoms with Crippen molar-refractivity contribution >= 4 is 5.91 Å². The predicted molar refractivity (Wildman–Crippen MR) is 50.5 cm³/mol. The Balaban J connectivity index is 2.94. The molecular formula is C8H12N4O2. The van der Waals surface area contributed by atoms with E-state index >= 15 is 0 Å². The van der Waals surface area contributed by atoms with Crippen LogP contribution in [0.15, 0.2) is 10.9 Å². The fourth-order valence-corrected chi connectivity index (χ4v) is 1.08. The number of nitrogens with one attached hydrogen (secondary N) is 2. The van der Waals surface area contributed by atoms with E-state index in [2.05, 4.69) is 15.3 Å². The van der Waals surface area contributed by atoms with Gasteiger partial charge < -0.3 is 16.0 Å². The molecule has 6 heteroatoms. The Morgan fingerprint density at radius 1 is 1.71 bits per heavy atom. The van der Waals surface area contributed by atoms with Gasteiger partial charge in [0.2, 0.25) is 5.91 Å². The number of carbonyl (C=O) groups excluding carboxylic acids is 1. The molecule has 0 aliphatic heterocycles. The lowest BCUT2D eigenvalue weighted by Gasteiger charge is -2.01. The Morgan fingerprint density at radius 2 is 2.43 bits per heavy atom. The van der Waals surface area contributed by atoms with Gasteiger partial charge in [-0.2, -0.15) is 0 Å². The summed E-state index contributed by atoms with van der Waals surface area (Å²) in [5.74, 6) is -0.218. The summed E-state index contributed by atoms with van der Waals surface area (Å²) >= 11 is 0. The van der Waals surface area contributed by atoms with Gasteiger partial charge in [0, 0.05) is 12.6 Å². The zero-order valence-corrected chi connectivity index (χ0v) is 7.83.